The molecule has 0 heterocycles. The van der Waals surface area contributed by atoms with Crippen molar-refractivity contribution in [3.8, 4) is 0 Å². The minimum atomic E-state index is -0.516. The molecule has 1 fully saturated rings. The van der Waals surface area contributed by atoms with Crippen LogP contribution in [0.3, 0.4) is 0 Å². The molecule has 0 radical (unpaired) electrons. The van der Waals surface area contributed by atoms with Crippen molar-refractivity contribution < 1.29 is 5.11 Å². The van der Waals surface area contributed by atoms with Gasteiger partial charge in [-0.15, -0.1) is 0 Å². The third kappa shape index (κ3) is 1.98. The van der Waals surface area contributed by atoms with Crippen LogP contribution in [0.4, 0.5) is 0 Å². The second-order valence-electron chi connectivity index (χ2n) is 6.08. The maximum atomic E-state index is 10.4. The van der Waals surface area contributed by atoms with Crippen LogP contribution in [-0.4, -0.2) is 10.7 Å². The summed E-state index contributed by atoms with van der Waals surface area (Å²) < 4.78 is 0. The van der Waals surface area contributed by atoms with Crippen LogP contribution in [0.1, 0.15) is 46.5 Å². The Morgan fingerprint density at radius 3 is 2.75 bits per heavy atom. The summed E-state index contributed by atoms with van der Waals surface area (Å²) in [7, 11) is 0. The highest BCUT2D eigenvalue weighted by Gasteiger charge is 2.44. The SMILES string of the molecule is C=C1CCC(C(C)C)=C[C@H]2[C@@H]1CC[C@]2(C)O. The van der Waals surface area contributed by atoms with Crippen LogP contribution in [-0.2, 0) is 0 Å². The molecule has 0 aromatic carbocycles. The summed E-state index contributed by atoms with van der Waals surface area (Å²) in [6.45, 7) is 10.7. The summed E-state index contributed by atoms with van der Waals surface area (Å²) in [5.74, 6) is 1.43. The number of allylic oxidation sites excluding steroid dienone is 2. The molecule has 2 aliphatic carbocycles. The van der Waals surface area contributed by atoms with Crippen molar-refractivity contribution in [2.24, 2.45) is 17.8 Å². The van der Waals surface area contributed by atoms with Crippen molar-refractivity contribution in [2.45, 2.75) is 52.1 Å². The molecule has 0 bridgehead atoms. The van der Waals surface area contributed by atoms with Gasteiger partial charge in [-0.3, -0.25) is 0 Å². The van der Waals surface area contributed by atoms with E-state index in [1.165, 1.54) is 11.1 Å². The van der Waals surface area contributed by atoms with Crippen LogP contribution in [0.2, 0.25) is 0 Å². The lowest BCUT2D eigenvalue weighted by molar-refractivity contribution is 0.0330. The van der Waals surface area contributed by atoms with Gasteiger partial charge in [-0.1, -0.05) is 37.6 Å². The van der Waals surface area contributed by atoms with Crippen molar-refractivity contribution in [1.29, 1.82) is 0 Å². The molecule has 2 rings (SSSR count). The molecule has 1 heteroatoms. The van der Waals surface area contributed by atoms with Crippen LogP contribution in [0.15, 0.2) is 23.8 Å². The molecule has 1 nitrogen and oxygen atoms in total. The van der Waals surface area contributed by atoms with Gasteiger partial charge >= 0.3 is 0 Å². The predicted octanol–water partition coefficient (Wildman–Crippen LogP) is 3.70. The highest BCUT2D eigenvalue weighted by Crippen LogP contribution is 2.48. The fourth-order valence-corrected chi connectivity index (χ4v) is 3.27. The Morgan fingerprint density at radius 1 is 1.44 bits per heavy atom. The average Bonchev–Trinajstić information content (AvgIpc) is 2.38. The summed E-state index contributed by atoms with van der Waals surface area (Å²) in [5.41, 5.74) is 2.35. The molecule has 1 N–H and O–H groups in total. The Hall–Kier alpha value is -0.560. The number of rotatable bonds is 1. The van der Waals surface area contributed by atoms with Gasteiger partial charge in [0.15, 0.2) is 0 Å². The quantitative estimate of drug-likeness (QED) is 0.668. The average molecular weight is 220 g/mol. The van der Waals surface area contributed by atoms with Gasteiger partial charge in [-0.25, -0.2) is 0 Å². The van der Waals surface area contributed by atoms with Gasteiger partial charge < -0.3 is 5.11 Å². The molecular weight excluding hydrogens is 196 g/mol. The smallest absolute Gasteiger partial charge is 0.0688 e. The monoisotopic (exact) mass is 220 g/mol. The normalized spacial score (nSPS) is 39.6. The third-order valence-electron chi connectivity index (χ3n) is 4.51. The fourth-order valence-electron chi connectivity index (χ4n) is 3.27. The first kappa shape index (κ1) is 11.9. The molecule has 0 aromatic rings. The summed E-state index contributed by atoms with van der Waals surface area (Å²) in [6, 6.07) is 0. The van der Waals surface area contributed by atoms with E-state index in [0.717, 1.165) is 25.7 Å². The number of hydrogen-bond donors (Lipinski definition) is 1. The van der Waals surface area contributed by atoms with Crippen molar-refractivity contribution in [3.05, 3.63) is 23.8 Å². The molecule has 2 aliphatic rings. The largest absolute Gasteiger partial charge is 0.390 e. The summed E-state index contributed by atoms with van der Waals surface area (Å²) in [5, 5.41) is 10.4. The highest BCUT2D eigenvalue weighted by atomic mass is 16.3. The predicted molar refractivity (Wildman–Crippen MR) is 68.1 cm³/mol. The zero-order valence-electron chi connectivity index (χ0n) is 10.8. The summed E-state index contributed by atoms with van der Waals surface area (Å²) in [6.07, 6.45) is 6.64. The Bertz CT molecular complexity index is 322. The topological polar surface area (TPSA) is 20.2 Å². The van der Waals surface area contributed by atoms with Crippen molar-refractivity contribution in [2.75, 3.05) is 0 Å². The van der Waals surface area contributed by atoms with E-state index in [9.17, 15) is 5.11 Å². The third-order valence-corrected chi connectivity index (χ3v) is 4.51. The molecule has 0 aliphatic heterocycles. The van der Waals surface area contributed by atoms with Gasteiger partial charge in [0.2, 0.25) is 0 Å². The van der Waals surface area contributed by atoms with Crippen LogP contribution in [0, 0.1) is 17.8 Å². The van der Waals surface area contributed by atoms with E-state index in [2.05, 4.69) is 26.5 Å². The van der Waals surface area contributed by atoms with E-state index in [0.29, 0.717) is 17.8 Å². The minimum absolute atomic E-state index is 0.305. The van der Waals surface area contributed by atoms with Crippen LogP contribution >= 0.6 is 0 Å². The molecule has 0 spiro atoms. The fraction of sp³-hybridized carbons (Fsp3) is 0.733. The van der Waals surface area contributed by atoms with Crippen LogP contribution in [0.25, 0.3) is 0 Å². The lowest BCUT2D eigenvalue weighted by atomic mass is 9.83. The second-order valence-corrected chi connectivity index (χ2v) is 6.08. The maximum Gasteiger partial charge on any atom is 0.0688 e. The Kier molecular flexibility index (Phi) is 3.00. The lowest BCUT2D eigenvalue weighted by Crippen LogP contribution is -2.30. The minimum Gasteiger partial charge on any atom is -0.390 e. The molecule has 0 unspecified atom stereocenters. The van der Waals surface area contributed by atoms with Gasteiger partial charge in [0.25, 0.3) is 0 Å². The Labute approximate surface area is 99.3 Å². The van der Waals surface area contributed by atoms with Gasteiger partial charge in [0.05, 0.1) is 5.60 Å². The van der Waals surface area contributed by atoms with E-state index in [-0.39, 0.29) is 0 Å². The summed E-state index contributed by atoms with van der Waals surface area (Å²) >= 11 is 0. The van der Waals surface area contributed by atoms with Gasteiger partial charge in [0.1, 0.15) is 0 Å². The number of hydrogen-bond acceptors (Lipinski definition) is 1. The van der Waals surface area contributed by atoms with Crippen molar-refractivity contribution >= 4 is 0 Å². The molecule has 0 saturated heterocycles. The van der Waals surface area contributed by atoms with Crippen molar-refractivity contribution in [1.82, 2.24) is 0 Å². The van der Waals surface area contributed by atoms with E-state index >= 15 is 0 Å². The molecule has 90 valence electrons. The summed E-state index contributed by atoms with van der Waals surface area (Å²) in [4.78, 5) is 0. The first-order valence-corrected chi connectivity index (χ1v) is 6.52. The first-order chi connectivity index (χ1) is 7.42. The van der Waals surface area contributed by atoms with Gasteiger partial charge in [0, 0.05) is 5.92 Å². The standard InChI is InChI=1S/C15H24O/c1-10(2)12-6-5-11(3)13-7-8-15(4,16)14(13)9-12/h9-10,13-14,16H,3,5-8H2,1-2,4H3/t13-,14+,15+/m1/s1. The van der Waals surface area contributed by atoms with Gasteiger partial charge in [-0.2, -0.15) is 0 Å². The Balaban J connectivity index is 2.33. The molecular formula is C15H24O. The van der Waals surface area contributed by atoms with E-state index in [4.69, 9.17) is 0 Å². The molecule has 0 aromatic heterocycles. The molecule has 0 amide bonds. The second kappa shape index (κ2) is 4.03. The first-order valence-electron chi connectivity index (χ1n) is 6.52. The van der Waals surface area contributed by atoms with E-state index in [1.807, 2.05) is 6.92 Å². The van der Waals surface area contributed by atoms with Crippen LogP contribution < -0.4 is 0 Å². The zero-order chi connectivity index (χ0) is 11.9. The molecule has 3 atom stereocenters. The number of aliphatic hydroxyl groups is 1. The molecule has 1 saturated carbocycles. The highest BCUT2D eigenvalue weighted by molar-refractivity contribution is 5.24. The van der Waals surface area contributed by atoms with Crippen molar-refractivity contribution in [3.63, 3.8) is 0 Å². The van der Waals surface area contributed by atoms with Gasteiger partial charge in [-0.05, 0) is 44.4 Å². The Morgan fingerprint density at radius 2 is 2.12 bits per heavy atom. The maximum absolute atomic E-state index is 10.4. The van der Waals surface area contributed by atoms with Crippen LogP contribution in [0.5, 0.6) is 0 Å². The van der Waals surface area contributed by atoms with E-state index < -0.39 is 5.60 Å². The molecule has 16 heavy (non-hydrogen) atoms. The zero-order valence-corrected chi connectivity index (χ0v) is 10.8. The van der Waals surface area contributed by atoms with E-state index in [1.54, 1.807) is 0 Å². The number of fused-ring (bicyclic) bond motifs is 1. The lowest BCUT2D eigenvalue weighted by Gasteiger charge is -2.27.